The number of carbonyl (C=O) groups is 1. The quantitative estimate of drug-likeness (QED) is 0.553. The molecule has 148 valence electrons. The van der Waals surface area contributed by atoms with Gasteiger partial charge in [0.15, 0.2) is 5.82 Å². The Morgan fingerprint density at radius 3 is 2.83 bits per heavy atom. The summed E-state index contributed by atoms with van der Waals surface area (Å²) < 4.78 is 0. The Bertz CT molecular complexity index is 1040. The zero-order valence-corrected chi connectivity index (χ0v) is 16.0. The van der Waals surface area contributed by atoms with E-state index in [2.05, 4.69) is 45.8 Å². The van der Waals surface area contributed by atoms with Crippen LogP contribution in [0, 0.1) is 0 Å². The van der Waals surface area contributed by atoms with E-state index in [1.165, 1.54) is 25.2 Å². The Labute approximate surface area is 170 Å². The number of hydrogen-bond donors (Lipinski definition) is 3. The van der Waals surface area contributed by atoms with Crippen LogP contribution in [-0.2, 0) is 4.79 Å². The molecule has 1 saturated carbocycles. The highest BCUT2D eigenvalue weighted by Crippen LogP contribution is 2.39. The Morgan fingerprint density at radius 1 is 1.21 bits per heavy atom. The molecule has 1 aliphatic carbocycles. The van der Waals surface area contributed by atoms with Crippen LogP contribution < -0.4 is 15.5 Å². The number of rotatable bonds is 6. The first-order valence-electron chi connectivity index (χ1n) is 9.23. The molecule has 3 aromatic heterocycles. The van der Waals surface area contributed by atoms with Crippen LogP contribution in [0.25, 0.3) is 0 Å². The summed E-state index contributed by atoms with van der Waals surface area (Å²) in [5, 5.41) is 13.1. The second-order valence-corrected chi connectivity index (χ2v) is 7.25. The highest BCUT2D eigenvalue weighted by molar-refractivity contribution is 6.28. The molecule has 1 unspecified atom stereocenters. The number of amides is 1. The molecule has 2 fully saturated rings. The van der Waals surface area contributed by atoms with Gasteiger partial charge in [0.1, 0.15) is 11.9 Å². The third kappa shape index (κ3) is 3.81. The summed E-state index contributed by atoms with van der Waals surface area (Å²) in [6, 6.07) is 1.52. The molecule has 0 radical (unpaired) electrons. The number of aromatic nitrogens is 7. The first-order valence-corrected chi connectivity index (χ1v) is 9.61. The van der Waals surface area contributed by atoms with Gasteiger partial charge in [-0.15, -0.1) is 0 Å². The molecule has 3 N–H and O–H groups in total. The number of H-pyrrole nitrogens is 1. The van der Waals surface area contributed by atoms with Crippen LogP contribution in [0.5, 0.6) is 0 Å². The van der Waals surface area contributed by atoms with Crippen molar-refractivity contribution in [3.05, 3.63) is 35.6 Å². The highest BCUT2D eigenvalue weighted by atomic mass is 35.5. The van der Waals surface area contributed by atoms with Gasteiger partial charge in [-0.2, -0.15) is 20.1 Å². The van der Waals surface area contributed by atoms with Gasteiger partial charge in [0.25, 0.3) is 0 Å². The van der Waals surface area contributed by atoms with Crippen LogP contribution in [0.2, 0.25) is 5.28 Å². The van der Waals surface area contributed by atoms with Gasteiger partial charge in [-0.1, -0.05) is 0 Å². The minimum absolute atomic E-state index is 0.0411. The van der Waals surface area contributed by atoms with Crippen LogP contribution in [0.4, 0.5) is 23.5 Å². The minimum atomic E-state index is -0.419. The second-order valence-electron chi connectivity index (χ2n) is 6.91. The van der Waals surface area contributed by atoms with Crippen molar-refractivity contribution < 1.29 is 4.79 Å². The van der Waals surface area contributed by atoms with Crippen LogP contribution in [0.3, 0.4) is 0 Å². The van der Waals surface area contributed by atoms with E-state index in [4.69, 9.17) is 11.6 Å². The van der Waals surface area contributed by atoms with Gasteiger partial charge >= 0.3 is 0 Å². The molecular weight excluding hydrogens is 396 g/mol. The first-order chi connectivity index (χ1) is 14.2. The van der Waals surface area contributed by atoms with Crippen LogP contribution in [0.1, 0.15) is 30.9 Å². The van der Waals surface area contributed by atoms with E-state index in [1.54, 1.807) is 11.1 Å². The van der Waals surface area contributed by atoms with Crippen molar-refractivity contribution in [3.63, 3.8) is 0 Å². The van der Waals surface area contributed by atoms with Crippen LogP contribution in [-0.4, -0.2) is 53.6 Å². The van der Waals surface area contributed by atoms with Gasteiger partial charge in [-0.25, -0.2) is 4.98 Å². The van der Waals surface area contributed by atoms with Crippen molar-refractivity contribution in [2.45, 2.75) is 31.2 Å². The van der Waals surface area contributed by atoms with E-state index in [9.17, 15) is 4.79 Å². The van der Waals surface area contributed by atoms with E-state index < -0.39 is 6.04 Å². The summed E-state index contributed by atoms with van der Waals surface area (Å²) in [6.07, 6.45) is 7.55. The van der Waals surface area contributed by atoms with E-state index in [-0.39, 0.29) is 17.1 Å². The predicted molar refractivity (Wildman–Crippen MR) is 105 cm³/mol. The SMILES string of the molecule is O=C(Nc1cnccn1)C1CCN1c1nc(Cl)nc(Nc2cc(C3CC3)n[nH]2)n1. The van der Waals surface area contributed by atoms with Gasteiger partial charge < -0.3 is 15.5 Å². The lowest BCUT2D eigenvalue weighted by Gasteiger charge is -2.39. The Morgan fingerprint density at radius 2 is 2.10 bits per heavy atom. The molecule has 5 rings (SSSR count). The summed E-state index contributed by atoms with van der Waals surface area (Å²) in [5.41, 5.74) is 1.02. The molecule has 4 heterocycles. The lowest BCUT2D eigenvalue weighted by Crippen LogP contribution is -2.55. The van der Waals surface area contributed by atoms with E-state index >= 15 is 0 Å². The molecule has 0 bridgehead atoms. The van der Waals surface area contributed by atoms with E-state index in [1.807, 2.05) is 6.07 Å². The van der Waals surface area contributed by atoms with E-state index in [0.717, 1.165) is 5.69 Å². The molecular formula is C17H17ClN10O. The predicted octanol–water partition coefficient (Wildman–Crippen LogP) is 1.88. The summed E-state index contributed by atoms with van der Waals surface area (Å²) in [7, 11) is 0. The maximum absolute atomic E-state index is 12.6. The minimum Gasteiger partial charge on any atom is -0.328 e. The van der Waals surface area contributed by atoms with Crippen LogP contribution in [0.15, 0.2) is 24.7 Å². The van der Waals surface area contributed by atoms with Crippen molar-refractivity contribution in [2.24, 2.45) is 0 Å². The lowest BCUT2D eigenvalue weighted by atomic mass is 10.0. The average molecular weight is 413 g/mol. The molecule has 0 aromatic carbocycles. The summed E-state index contributed by atoms with van der Waals surface area (Å²) in [5.74, 6) is 2.03. The molecule has 11 nitrogen and oxygen atoms in total. The second kappa shape index (κ2) is 7.24. The Hall–Kier alpha value is -3.34. The third-order valence-corrected chi connectivity index (χ3v) is 5.00. The van der Waals surface area contributed by atoms with Gasteiger partial charge in [-0.3, -0.25) is 14.9 Å². The van der Waals surface area contributed by atoms with Crippen molar-refractivity contribution in [1.29, 1.82) is 0 Å². The molecule has 29 heavy (non-hydrogen) atoms. The standard InChI is InChI=1S/C17H17ClN10O/c18-15-23-16(22-12-7-10(26-27-12)9-1-2-9)25-17(24-15)28-6-3-11(28)14(29)21-13-8-19-4-5-20-13/h4-5,7-9,11H,1-3,6H2,(H,20,21,29)(H2,22,23,24,25,26,27). The van der Waals surface area contributed by atoms with Crippen molar-refractivity contribution >= 4 is 41.0 Å². The van der Waals surface area contributed by atoms with Crippen molar-refractivity contribution in [2.75, 3.05) is 22.1 Å². The molecule has 3 aromatic rings. The fourth-order valence-electron chi connectivity index (χ4n) is 3.11. The maximum Gasteiger partial charge on any atom is 0.248 e. The highest BCUT2D eigenvalue weighted by Gasteiger charge is 2.36. The first kappa shape index (κ1) is 17.7. The number of halogens is 1. The Kier molecular flexibility index (Phi) is 4.43. The largest absolute Gasteiger partial charge is 0.328 e. The molecule has 1 saturated heterocycles. The summed E-state index contributed by atoms with van der Waals surface area (Å²) in [4.78, 5) is 35.0. The molecule has 2 aliphatic rings. The zero-order chi connectivity index (χ0) is 19.8. The molecule has 1 amide bonds. The summed E-state index contributed by atoms with van der Waals surface area (Å²) in [6.45, 7) is 0.633. The molecule has 1 atom stereocenters. The van der Waals surface area contributed by atoms with Crippen molar-refractivity contribution in [1.82, 2.24) is 35.1 Å². The fourth-order valence-corrected chi connectivity index (χ4v) is 3.26. The average Bonchev–Trinajstić information content (AvgIpc) is 3.41. The zero-order valence-electron chi connectivity index (χ0n) is 15.2. The lowest BCUT2D eigenvalue weighted by molar-refractivity contribution is -0.118. The van der Waals surface area contributed by atoms with Gasteiger partial charge in [0.2, 0.25) is 23.1 Å². The van der Waals surface area contributed by atoms with Crippen LogP contribution >= 0.6 is 11.6 Å². The number of nitrogens with one attached hydrogen (secondary N) is 3. The van der Waals surface area contributed by atoms with Crippen molar-refractivity contribution in [3.8, 4) is 0 Å². The van der Waals surface area contributed by atoms with Gasteiger partial charge in [-0.05, 0) is 30.9 Å². The Balaban J connectivity index is 1.30. The maximum atomic E-state index is 12.6. The topological polar surface area (TPSA) is 138 Å². The number of anilines is 4. The molecule has 12 heteroatoms. The number of carbonyl (C=O) groups excluding carboxylic acids is 1. The molecule has 0 spiro atoms. The van der Waals surface area contributed by atoms with Gasteiger partial charge in [0.05, 0.1) is 11.9 Å². The van der Waals surface area contributed by atoms with E-state index in [0.29, 0.717) is 36.5 Å². The number of nitrogens with zero attached hydrogens (tertiary/aromatic N) is 7. The summed E-state index contributed by atoms with van der Waals surface area (Å²) >= 11 is 6.09. The van der Waals surface area contributed by atoms with Gasteiger partial charge in [0, 0.05) is 30.9 Å². The number of hydrogen-bond acceptors (Lipinski definition) is 9. The fraction of sp³-hybridized carbons (Fsp3) is 0.353. The smallest absolute Gasteiger partial charge is 0.248 e. The normalized spacial score (nSPS) is 18.2. The molecule has 1 aliphatic heterocycles. The monoisotopic (exact) mass is 412 g/mol. The number of aromatic amines is 1. The third-order valence-electron chi connectivity index (χ3n) is 4.83.